The summed E-state index contributed by atoms with van der Waals surface area (Å²) in [4.78, 5) is 12.9. The van der Waals surface area contributed by atoms with Crippen LogP contribution in [0.2, 0.25) is 0 Å². The van der Waals surface area contributed by atoms with Crippen LogP contribution in [0.4, 0.5) is 0 Å². The lowest BCUT2D eigenvalue weighted by Gasteiger charge is -2.33. The third-order valence-electron chi connectivity index (χ3n) is 8.20. The normalized spacial score (nSPS) is 15.7. The van der Waals surface area contributed by atoms with Crippen LogP contribution in [0.1, 0.15) is 72.9 Å². The monoisotopic (exact) mass is 638 g/mol. The maximum Gasteiger partial charge on any atom is 0.386 e. The summed E-state index contributed by atoms with van der Waals surface area (Å²) in [5, 5.41) is 27.9. The van der Waals surface area contributed by atoms with Gasteiger partial charge in [-0.25, -0.2) is 4.68 Å². The second kappa shape index (κ2) is 13.4. The highest BCUT2D eigenvalue weighted by Crippen LogP contribution is 2.41. The molecule has 240 valence electrons. The number of phenolic OH excluding ortho intramolecular Hbond substituents is 1. The molecule has 0 saturated heterocycles. The Morgan fingerprint density at radius 2 is 1.91 bits per heavy atom. The molecule has 0 amide bonds. The van der Waals surface area contributed by atoms with Gasteiger partial charge in [0.1, 0.15) is 22.8 Å². The molecule has 4 aromatic rings. The summed E-state index contributed by atoms with van der Waals surface area (Å²) in [5.41, 5.74) is 5.16. The first-order valence-corrected chi connectivity index (χ1v) is 16.2. The minimum Gasteiger partial charge on any atom is -0.508 e. The summed E-state index contributed by atoms with van der Waals surface area (Å²) in [7, 11) is -2.67. The summed E-state index contributed by atoms with van der Waals surface area (Å²) >= 11 is 0. The van der Waals surface area contributed by atoms with Crippen LogP contribution >= 0.6 is 0 Å². The molecule has 2 heterocycles. The molecule has 3 aromatic carbocycles. The SMILES string of the molecule is CCOC(=O)CC(c1ccc(OC)c([C@@H](C)N2Cc3cc(O)ccc3OS2(=O)=O)c1)c1ccc2c(nnn2CCCCO)c1C. The maximum absolute atomic E-state index is 13.3. The van der Waals surface area contributed by atoms with Crippen molar-refractivity contribution in [3.05, 3.63) is 76.3 Å². The van der Waals surface area contributed by atoms with Gasteiger partial charge in [0.05, 0.1) is 31.7 Å². The number of carbonyl (C=O) groups is 1. The highest BCUT2D eigenvalue weighted by Gasteiger charge is 2.37. The van der Waals surface area contributed by atoms with Crippen LogP contribution < -0.4 is 8.92 Å². The van der Waals surface area contributed by atoms with Gasteiger partial charge in [0.15, 0.2) is 0 Å². The Bertz CT molecular complexity index is 1810. The van der Waals surface area contributed by atoms with Crippen LogP contribution in [-0.4, -0.2) is 64.2 Å². The van der Waals surface area contributed by atoms with Crippen molar-refractivity contribution in [2.45, 2.75) is 65.1 Å². The van der Waals surface area contributed by atoms with Crippen LogP contribution in [0, 0.1) is 6.92 Å². The standard InChI is InChI=1S/C32H38N4O8S/c1-5-43-31(39)18-27(25-10-11-28-32(20(25)2)33-34-35(28)14-6-7-15-37)22-8-12-30(42-4)26(17-22)21(3)36-19-23-16-24(38)9-13-29(23)44-45(36,40)41/h8-13,16-17,21,27,37-38H,5-7,14-15,18-19H2,1-4H3/t21-,27?/m1/s1. The summed E-state index contributed by atoms with van der Waals surface area (Å²) in [6, 6.07) is 12.9. The number of methoxy groups -OCH3 is 1. The van der Waals surface area contributed by atoms with Gasteiger partial charge in [0.2, 0.25) is 0 Å². The molecule has 1 aromatic heterocycles. The van der Waals surface area contributed by atoms with Crippen molar-refractivity contribution in [3.63, 3.8) is 0 Å². The first-order chi connectivity index (χ1) is 21.6. The smallest absolute Gasteiger partial charge is 0.386 e. The number of aliphatic hydroxyl groups is 1. The molecule has 13 heteroatoms. The van der Waals surface area contributed by atoms with Gasteiger partial charge in [-0.3, -0.25) is 4.79 Å². The van der Waals surface area contributed by atoms with Gasteiger partial charge in [0, 0.05) is 36.7 Å². The Balaban J connectivity index is 1.56. The van der Waals surface area contributed by atoms with Crippen LogP contribution in [0.5, 0.6) is 17.2 Å². The Labute approximate surface area is 262 Å². The summed E-state index contributed by atoms with van der Waals surface area (Å²) in [5.74, 6) is -0.179. The van der Waals surface area contributed by atoms with Gasteiger partial charge >= 0.3 is 16.3 Å². The van der Waals surface area contributed by atoms with Crippen molar-refractivity contribution in [1.82, 2.24) is 19.3 Å². The number of aromatic nitrogens is 3. The fraction of sp³-hybridized carbons (Fsp3) is 0.406. The number of hydrogen-bond donors (Lipinski definition) is 2. The third kappa shape index (κ3) is 6.60. The first-order valence-electron chi connectivity index (χ1n) is 14.9. The molecule has 0 radical (unpaired) electrons. The molecule has 2 atom stereocenters. The lowest BCUT2D eigenvalue weighted by atomic mass is 9.84. The third-order valence-corrected chi connectivity index (χ3v) is 9.61. The minimum absolute atomic E-state index is 0.00293. The fourth-order valence-corrected chi connectivity index (χ4v) is 7.14. The van der Waals surface area contributed by atoms with E-state index < -0.39 is 22.3 Å². The summed E-state index contributed by atoms with van der Waals surface area (Å²) in [6.45, 7) is 6.39. The number of rotatable bonds is 12. The van der Waals surface area contributed by atoms with E-state index in [1.54, 1.807) is 19.9 Å². The van der Waals surface area contributed by atoms with E-state index in [1.165, 1.54) is 29.6 Å². The quantitative estimate of drug-likeness (QED) is 0.167. The van der Waals surface area contributed by atoms with E-state index in [0.29, 0.717) is 35.4 Å². The van der Waals surface area contributed by atoms with Crippen LogP contribution in [0.3, 0.4) is 0 Å². The number of hydrogen-bond acceptors (Lipinski definition) is 10. The zero-order chi connectivity index (χ0) is 32.3. The average Bonchev–Trinajstić information content (AvgIpc) is 3.43. The Morgan fingerprint density at radius 1 is 1.11 bits per heavy atom. The number of fused-ring (bicyclic) bond motifs is 2. The van der Waals surface area contributed by atoms with E-state index in [4.69, 9.17) is 18.8 Å². The van der Waals surface area contributed by atoms with Crippen molar-refractivity contribution >= 4 is 27.3 Å². The molecular formula is C32H38N4O8S. The molecular weight excluding hydrogens is 600 g/mol. The molecule has 12 nitrogen and oxygen atoms in total. The van der Waals surface area contributed by atoms with Crippen molar-refractivity contribution in [2.75, 3.05) is 20.3 Å². The van der Waals surface area contributed by atoms with E-state index in [-0.39, 0.29) is 43.6 Å². The molecule has 5 rings (SSSR count). The number of nitrogens with zero attached hydrogens (tertiary/aromatic N) is 4. The zero-order valence-electron chi connectivity index (χ0n) is 25.8. The van der Waals surface area contributed by atoms with Gasteiger partial charge in [-0.1, -0.05) is 17.3 Å². The van der Waals surface area contributed by atoms with Crippen LogP contribution in [-0.2, 0) is 32.9 Å². The average molecular weight is 639 g/mol. The molecule has 0 aliphatic carbocycles. The predicted octanol–water partition coefficient (Wildman–Crippen LogP) is 4.51. The number of unbranched alkanes of at least 4 members (excludes halogenated alkanes) is 1. The first kappa shape index (κ1) is 32.2. The summed E-state index contributed by atoms with van der Waals surface area (Å²) < 4.78 is 46.0. The number of benzene rings is 3. The fourth-order valence-electron chi connectivity index (χ4n) is 5.85. The molecule has 45 heavy (non-hydrogen) atoms. The largest absolute Gasteiger partial charge is 0.508 e. The Morgan fingerprint density at radius 3 is 2.64 bits per heavy atom. The van der Waals surface area contributed by atoms with Crippen molar-refractivity contribution in [2.24, 2.45) is 0 Å². The molecule has 2 N–H and O–H groups in total. The van der Waals surface area contributed by atoms with Crippen molar-refractivity contribution in [1.29, 1.82) is 0 Å². The maximum atomic E-state index is 13.3. The van der Waals surface area contributed by atoms with Gasteiger partial charge in [-0.05, 0) is 86.7 Å². The van der Waals surface area contributed by atoms with Crippen LogP contribution in [0.25, 0.3) is 11.0 Å². The van der Waals surface area contributed by atoms with Gasteiger partial charge in [0.25, 0.3) is 0 Å². The molecule has 0 spiro atoms. The molecule has 1 unspecified atom stereocenters. The molecule has 0 saturated carbocycles. The second-order valence-electron chi connectivity index (χ2n) is 11.0. The van der Waals surface area contributed by atoms with E-state index in [1.807, 2.05) is 35.9 Å². The number of carbonyl (C=O) groups excluding carboxylic acids is 1. The number of aromatic hydroxyl groups is 1. The van der Waals surface area contributed by atoms with E-state index in [0.717, 1.165) is 28.6 Å². The molecule has 1 aliphatic rings. The van der Waals surface area contributed by atoms with Gasteiger partial charge < -0.3 is 23.9 Å². The molecule has 0 bridgehead atoms. The minimum atomic E-state index is -4.18. The lowest BCUT2D eigenvalue weighted by Crippen LogP contribution is -2.39. The van der Waals surface area contributed by atoms with E-state index >= 15 is 0 Å². The number of esters is 1. The van der Waals surface area contributed by atoms with Gasteiger partial charge in [-0.2, -0.15) is 12.7 Å². The predicted molar refractivity (Wildman–Crippen MR) is 166 cm³/mol. The van der Waals surface area contributed by atoms with E-state index in [9.17, 15) is 18.3 Å². The topological polar surface area (TPSA) is 153 Å². The highest BCUT2D eigenvalue weighted by molar-refractivity contribution is 7.84. The molecule has 1 aliphatic heterocycles. The summed E-state index contributed by atoms with van der Waals surface area (Å²) in [6.07, 6.45) is 1.47. The second-order valence-corrected chi connectivity index (χ2v) is 12.5. The zero-order valence-corrected chi connectivity index (χ0v) is 26.6. The lowest BCUT2D eigenvalue weighted by molar-refractivity contribution is -0.143. The Hall–Kier alpha value is -4.20. The van der Waals surface area contributed by atoms with Crippen LogP contribution in [0.15, 0.2) is 48.5 Å². The van der Waals surface area contributed by atoms with E-state index in [2.05, 4.69) is 10.3 Å². The number of aryl methyl sites for hydroxylation is 2. The highest BCUT2D eigenvalue weighted by atomic mass is 32.2. The number of ether oxygens (including phenoxy) is 2. The number of aliphatic hydroxyl groups excluding tert-OH is 1. The number of phenols is 1. The van der Waals surface area contributed by atoms with Crippen molar-refractivity contribution < 1.29 is 37.1 Å². The van der Waals surface area contributed by atoms with Gasteiger partial charge in [-0.15, -0.1) is 5.10 Å². The molecule has 0 fully saturated rings. The Kier molecular flexibility index (Phi) is 9.61. The van der Waals surface area contributed by atoms with Crippen molar-refractivity contribution in [3.8, 4) is 17.2 Å².